The van der Waals surface area contributed by atoms with E-state index >= 15 is 0 Å². The van der Waals surface area contributed by atoms with E-state index in [9.17, 15) is 4.79 Å². The van der Waals surface area contributed by atoms with Crippen molar-refractivity contribution in [1.82, 2.24) is 25.3 Å². The molecule has 0 unspecified atom stereocenters. The maximum atomic E-state index is 12.8. The Bertz CT molecular complexity index is 924. The molecule has 0 radical (unpaired) electrons. The molecule has 1 fully saturated rings. The molecule has 5 rings (SSSR count). The van der Waals surface area contributed by atoms with Gasteiger partial charge in [0.1, 0.15) is 22.5 Å². The van der Waals surface area contributed by atoms with Gasteiger partial charge in [0.15, 0.2) is 5.89 Å². The SMILES string of the molecule is O=C(c1ccc2n[nH]nc2c1)N1CCc2oc(C3CCC3)nc2C1. The standard InChI is InChI=1S/C17H17N5O2/c23-17(11-4-5-12-13(8-11)20-21-19-12)22-7-6-15-14(9-22)18-16(24-15)10-2-1-3-10/h4-5,8,10H,1-3,6-7,9H2,(H,19,20,21). The summed E-state index contributed by atoms with van der Waals surface area (Å²) in [5.74, 6) is 2.30. The van der Waals surface area contributed by atoms with Crippen molar-refractivity contribution in [2.24, 2.45) is 0 Å². The van der Waals surface area contributed by atoms with Gasteiger partial charge in [0, 0.05) is 24.4 Å². The maximum Gasteiger partial charge on any atom is 0.254 e. The quantitative estimate of drug-likeness (QED) is 0.782. The second-order valence-electron chi connectivity index (χ2n) is 6.55. The molecule has 24 heavy (non-hydrogen) atoms. The van der Waals surface area contributed by atoms with E-state index in [0.29, 0.717) is 30.1 Å². The number of rotatable bonds is 2. The first kappa shape index (κ1) is 13.7. The second-order valence-corrected chi connectivity index (χ2v) is 6.55. The highest BCUT2D eigenvalue weighted by molar-refractivity contribution is 5.97. The summed E-state index contributed by atoms with van der Waals surface area (Å²) in [7, 11) is 0. The Morgan fingerprint density at radius 2 is 2.12 bits per heavy atom. The number of amides is 1. The number of hydrogen-bond acceptors (Lipinski definition) is 5. The lowest BCUT2D eigenvalue weighted by Gasteiger charge is -2.25. The number of aromatic amines is 1. The molecule has 1 saturated carbocycles. The Morgan fingerprint density at radius 1 is 1.25 bits per heavy atom. The molecule has 1 N–H and O–H groups in total. The normalized spacial score (nSPS) is 17.8. The Morgan fingerprint density at radius 3 is 2.96 bits per heavy atom. The van der Waals surface area contributed by atoms with Gasteiger partial charge in [-0.3, -0.25) is 4.79 Å². The molecule has 0 saturated heterocycles. The van der Waals surface area contributed by atoms with Crippen LogP contribution in [0.5, 0.6) is 0 Å². The van der Waals surface area contributed by atoms with Gasteiger partial charge in [-0.1, -0.05) is 6.42 Å². The van der Waals surface area contributed by atoms with Gasteiger partial charge in [0.2, 0.25) is 0 Å². The Kier molecular flexibility index (Phi) is 2.95. The molecule has 1 aromatic carbocycles. The van der Waals surface area contributed by atoms with Crippen LogP contribution >= 0.6 is 0 Å². The lowest BCUT2D eigenvalue weighted by atomic mass is 9.85. The second kappa shape index (κ2) is 5.15. The summed E-state index contributed by atoms with van der Waals surface area (Å²) in [6, 6.07) is 5.39. The van der Waals surface area contributed by atoms with Crippen molar-refractivity contribution in [2.45, 2.75) is 38.1 Å². The van der Waals surface area contributed by atoms with E-state index in [2.05, 4.69) is 20.4 Å². The first-order chi connectivity index (χ1) is 11.8. The molecular formula is C17H17N5O2. The molecule has 0 spiro atoms. The number of carbonyl (C=O) groups is 1. The van der Waals surface area contributed by atoms with Crippen molar-refractivity contribution in [3.8, 4) is 0 Å². The third-order valence-corrected chi connectivity index (χ3v) is 5.05. The molecule has 0 bridgehead atoms. The zero-order valence-electron chi connectivity index (χ0n) is 13.2. The number of aromatic nitrogens is 4. The summed E-state index contributed by atoms with van der Waals surface area (Å²) < 4.78 is 5.92. The predicted octanol–water partition coefficient (Wildman–Crippen LogP) is 2.41. The molecule has 1 aliphatic carbocycles. The van der Waals surface area contributed by atoms with Gasteiger partial charge < -0.3 is 9.32 Å². The summed E-state index contributed by atoms with van der Waals surface area (Å²) in [5, 5.41) is 10.6. The van der Waals surface area contributed by atoms with Crippen LogP contribution in [0.15, 0.2) is 22.6 Å². The van der Waals surface area contributed by atoms with Crippen LogP contribution in [0.25, 0.3) is 11.0 Å². The lowest BCUT2D eigenvalue weighted by molar-refractivity contribution is 0.0728. The minimum atomic E-state index is -0.00116. The zero-order chi connectivity index (χ0) is 16.1. The number of nitrogens with zero attached hydrogens (tertiary/aromatic N) is 4. The first-order valence-electron chi connectivity index (χ1n) is 8.36. The number of H-pyrrole nitrogens is 1. The van der Waals surface area contributed by atoms with Crippen LogP contribution in [0, 0.1) is 0 Å². The Labute approximate surface area is 138 Å². The Hall–Kier alpha value is -2.70. The average Bonchev–Trinajstić information content (AvgIpc) is 3.17. The van der Waals surface area contributed by atoms with Gasteiger partial charge >= 0.3 is 0 Å². The first-order valence-corrected chi connectivity index (χ1v) is 8.36. The third kappa shape index (κ3) is 2.11. The number of benzene rings is 1. The lowest BCUT2D eigenvalue weighted by Crippen LogP contribution is -2.35. The van der Waals surface area contributed by atoms with Crippen molar-refractivity contribution in [2.75, 3.05) is 6.54 Å². The minimum Gasteiger partial charge on any atom is -0.445 e. The van der Waals surface area contributed by atoms with Crippen molar-refractivity contribution >= 4 is 16.9 Å². The van der Waals surface area contributed by atoms with Crippen LogP contribution < -0.4 is 0 Å². The summed E-state index contributed by atoms with van der Waals surface area (Å²) in [6.45, 7) is 1.17. The highest BCUT2D eigenvalue weighted by atomic mass is 16.4. The fourth-order valence-corrected chi connectivity index (χ4v) is 3.38. The van der Waals surface area contributed by atoms with Gasteiger partial charge in [-0.2, -0.15) is 15.4 Å². The largest absolute Gasteiger partial charge is 0.445 e. The number of nitrogens with one attached hydrogen (secondary N) is 1. The fourth-order valence-electron chi connectivity index (χ4n) is 3.38. The molecule has 1 amide bonds. The van der Waals surface area contributed by atoms with E-state index in [-0.39, 0.29) is 5.91 Å². The maximum absolute atomic E-state index is 12.8. The van der Waals surface area contributed by atoms with Gasteiger partial charge in [0.05, 0.1) is 6.54 Å². The monoisotopic (exact) mass is 323 g/mol. The molecule has 2 aliphatic rings. The molecule has 2 aromatic heterocycles. The molecule has 7 heteroatoms. The minimum absolute atomic E-state index is 0.00116. The van der Waals surface area contributed by atoms with Crippen molar-refractivity contribution in [1.29, 1.82) is 0 Å². The number of oxazole rings is 1. The predicted molar refractivity (Wildman–Crippen MR) is 85.4 cm³/mol. The third-order valence-electron chi connectivity index (χ3n) is 5.05. The topological polar surface area (TPSA) is 87.9 Å². The smallest absolute Gasteiger partial charge is 0.254 e. The van der Waals surface area contributed by atoms with Crippen molar-refractivity contribution in [3.05, 3.63) is 41.1 Å². The van der Waals surface area contributed by atoms with Crippen LogP contribution in [-0.4, -0.2) is 37.7 Å². The van der Waals surface area contributed by atoms with Crippen molar-refractivity contribution in [3.63, 3.8) is 0 Å². The van der Waals surface area contributed by atoms with E-state index in [1.807, 2.05) is 11.0 Å². The molecular weight excluding hydrogens is 306 g/mol. The van der Waals surface area contributed by atoms with Crippen LogP contribution in [0.3, 0.4) is 0 Å². The van der Waals surface area contributed by atoms with E-state index < -0.39 is 0 Å². The van der Waals surface area contributed by atoms with Crippen LogP contribution in [0.1, 0.15) is 52.9 Å². The van der Waals surface area contributed by atoms with E-state index in [4.69, 9.17) is 4.42 Å². The van der Waals surface area contributed by atoms with Gasteiger partial charge in [-0.15, -0.1) is 0 Å². The van der Waals surface area contributed by atoms with Crippen LogP contribution in [0.4, 0.5) is 0 Å². The molecule has 122 valence electrons. The molecule has 1 aliphatic heterocycles. The highest BCUT2D eigenvalue weighted by Crippen LogP contribution is 2.37. The Balaban J connectivity index is 1.39. The average molecular weight is 323 g/mol. The molecule has 0 atom stereocenters. The number of fused-ring (bicyclic) bond motifs is 2. The van der Waals surface area contributed by atoms with E-state index in [0.717, 1.165) is 29.3 Å². The zero-order valence-corrected chi connectivity index (χ0v) is 13.2. The summed E-state index contributed by atoms with van der Waals surface area (Å²) in [5.41, 5.74) is 3.00. The fraction of sp³-hybridized carbons (Fsp3) is 0.412. The molecule has 3 aromatic rings. The van der Waals surface area contributed by atoms with Crippen LogP contribution in [0.2, 0.25) is 0 Å². The van der Waals surface area contributed by atoms with Gasteiger partial charge in [-0.05, 0) is 31.0 Å². The molecule has 7 nitrogen and oxygen atoms in total. The van der Waals surface area contributed by atoms with E-state index in [1.165, 1.54) is 19.3 Å². The summed E-state index contributed by atoms with van der Waals surface area (Å²) >= 11 is 0. The number of carbonyl (C=O) groups excluding carboxylic acids is 1. The van der Waals surface area contributed by atoms with Gasteiger partial charge in [-0.25, -0.2) is 4.98 Å². The van der Waals surface area contributed by atoms with Gasteiger partial charge in [0.25, 0.3) is 5.91 Å². The number of hydrogen-bond donors (Lipinski definition) is 1. The highest BCUT2D eigenvalue weighted by Gasteiger charge is 2.30. The van der Waals surface area contributed by atoms with Crippen LogP contribution in [-0.2, 0) is 13.0 Å². The van der Waals surface area contributed by atoms with Crippen molar-refractivity contribution < 1.29 is 9.21 Å². The summed E-state index contributed by atoms with van der Waals surface area (Å²) in [4.78, 5) is 19.3. The summed E-state index contributed by atoms with van der Waals surface area (Å²) in [6.07, 6.45) is 4.32. The van der Waals surface area contributed by atoms with E-state index in [1.54, 1.807) is 12.1 Å². The molecule has 3 heterocycles.